The van der Waals surface area contributed by atoms with Gasteiger partial charge < -0.3 is 10.2 Å². The van der Waals surface area contributed by atoms with Gasteiger partial charge in [-0.05, 0) is 80.1 Å². The molecule has 1 aliphatic rings. The van der Waals surface area contributed by atoms with E-state index in [1.165, 1.54) is 42.1 Å². The molecule has 0 unspecified atom stereocenters. The Balaban J connectivity index is 1.61. The van der Waals surface area contributed by atoms with Crippen molar-refractivity contribution in [3.8, 4) is 0 Å². The molecule has 1 fully saturated rings. The number of carbonyl (C=O) groups is 2. The summed E-state index contributed by atoms with van der Waals surface area (Å²) < 4.78 is 42.1. The number of carbonyl (C=O) groups excluding carboxylic acids is 2. The van der Waals surface area contributed by atoms with E-state index in [0.29, 0.717) is 24.3 Å². The summed E-state index contributed by atoms with van der Waals surface area (Å²) in [6, 6.07) is 18.0. The summed E-state index contributed by atoms with van der Waals surface area (Å²) in [5.74, 6) is -1.47. The van der Waals surface area contributed by atoms with Gasteiger partial charge in [0.2, 0.25) is 5.91 Å². The highest BCUT2D eigenvalue weighted by Gasteiger charge is 2.28. The molecule has 0 bridgehead atoms. The van der Waals surface area contributed by atoms with E-state index in [1.807, 2.05) is 6.26 Å². The number of benzene rings is 3. The van der Waals surface area contributed by atoms with Crippen molar-refractivity contribution in [2.45, 2.75) is 29.1 Å². The van der Waals surface area contributed by atoms with Crippen LogP contribution in [0.5, 0.6) is 0 Å². The lowest BCUT2D eigenvalue weighted by Gasteiger charge is -2.28. The van der Waals surface area contributed by atoms with Crippen LogP contribution < -0.4 is 9.62 Å². The van der Waals surface area contributed by atoms with E-state index in [0.717, 1.165) is 34.5 Å². The minimum atomic E-state index is -4.21. The second-order valence-corrected chi connectivity index (χ2v) is 11.4. The van der Waals surface area contributed by atoms with Crippen LogP contribution in [-0.4, -0.2) is 51.0 Å². The van der Waals surface area contributed by atoms with Gasteiger partial charge in [-0.15, -0.1) is 11.8 Å². The molecule has 1 heterocycles. The first-order valence-corrected chi connectivity index (χ1v) is 14.6. The molecule has 7 nitrogen and oxygen atoms in total. The maximum absolute atomic E-state index is 14.1. The highest BCUT2D eigenvalue weighted by atomic mass is 32.2. The van der Waals surface area contributed by atoms with Crippen LogP contribution in [0.4, 0.5) is 15.8 Å². The largest absolute Gasteiger partial charge is 0.339 e. The van der Waals surface area contributed by atoms with Crippen LogP contribution >= 0.6 is 11.8 Å². The molecule has 0 saturated carbocycles. The second kappa shape index (κ2) is 11.8. The summed E-state index contributed by atoms with van der Waals surface area (Å²) in [7, 11) is -4.21. The fourth-order valence-corrected chi connectivity index (χ4v) is 6.01. The van der Waals surface area contributed by atoms with Crippen molar-refractivity contribution in [2.24, 2.45) is 0 Å². The number of halogens is 1. The predicted molar refractivity (Wildman–Crippen MR) is 144 cm³/mol. The van der Waals surface area contributed by atoms with E-state index in [-0.39, 0.29) is 16.5 Å². The Morgan fingerprint density at radius 3 is 2.35 bits per heavy atom. The van der Waals surface area contributed by atoms with E-state index < -0.39 is 28.3 Å². The van der Waals surface area contributed by atoms with E-state index >= 15 is 0 Å². The van der Waals surface area contributed by atoms with Gasteiger partial charge in [0.25, 0.3) is 15.9 Å². The number of amides is 2. The zero-order chi connectivity index (χ0) is 26.4. The molecule has 0 aliphatic carbocycles. The van der Waals surface area contributed by atoms with Crippen LogP contribution in [0.25, 0.3) is 0 Å². The van der Waals surface area contributed by atoms with Gasteiger partial charge in [-0.25, -0.2) is 12.8 Å². The first-order valence-electron chi connectivity index (χ1n) is 11.9. The number of sulfonamides is 1. The van der Waals surface area contributed by atoms with E-state index in [9.17, 15) is 22.4 Å². The Kier molecular flexibility index (Phi) is 8.50. The Labute approximate surface area is 220 Å². The Morgan fingerprint density at radius 1 is 0.973 bits per heavy atom. The monoisotopic (exact) mass is 541 g/mol. The zero-order valence-electron chi connectivity index (χ0n) is 20.4. The van der Waals surface area contributed by atoms with Gasteiger partial charge in [-0.3, -0.25) is 13.9 Å². The number of anilines is 2. The Hall–Kier alpha value is -3.37. The van der Waals surface area contributed by atoms with Crippen molar-refractivity contribution in [3.63, 3.8) is 0 Å². The smallest absolute Gasteiger partial charge is 0.264 e. The zero-order valence-corrected chi connectivity index (χ0v) is 22.0. The topological polar surface area (TPSA) is 86.8 Å². The second-order valence-electron chi connectivity index (χ2n) is 8.61. The van der Waals surface area contributed by atoms with E-state index in [2.05, 4.69) is 5.32 Å². The van der Waals surface area contributed by atoms with Gasteiger partial charge >= 0.3 is 0 Å². The molecule has 2 amide bonds. The molecule has 4 rings (SSSR count). The highest BCUT2D eigenvalue weighted by molar-refractivity contribution is 7.98. The number of rotatable bonds is 8. The number of para-hydroxylation sites is 1. The fraction of sp³-hybridized carbons (Fsp3) is 0.259. The molecule has 3 aromatic carbocycles. The van der Waals surface area contributed by atoms with Gasteiger partial charge in [0, 0.05) is 18.0 Å². The molecule has 194 valence electrons. The summed E-state index contributed by atoms with van der Waals surface area (Å²) in [5, 5.41) is 2.70. The number of nitrogens with one attached hydrogen (secondary N) is 1. The average Bonchev–Trinajstić information content (AvgIpc) is 2.92. The molecule has 3 aromatic rings. The molecular formula is C27H28FN3O4S2. The van der Waals surface area contributed by atoms with Crippen molar-refractivity contribution in [1.82, 2.24) is 4.90 Å². The molecule has 0 aromatic heterocycles. The molecule has 1 N–H and O–H groups in total. The summed E-state index contributed by atoms with van der Waals surface area (Å²) in [5.41, 5.74) is 0.649. The third kappa shape index (κ3) is 6.31. The third-order valence-electron chi connectivity index (χ3n) is 6.11. The summed E-state index contributed by atoms with van der Waals surface area (Å²) in [6.07, 6.45) is 4.81. The van der Waals surface area contributed by atoms with Crippen LogP contribution in [-0.2, 0) is 14.8 Å². The number of thioether (sulfide) groups is 1. The van der Waals surface area contributed by atoms with Gasteiger partial charge in [0.15, 0.2) is 0 Å². The van der Waals surface area contributed by atoms with Crippen LogP contribution in [0.3, 0.4) is 0 Å². The Bertz CT molecular complexity index is 1370. The van der Waals surface area contributed by atoms with Crippen LogP contribution in [0, 0.1) is 5.82 Å². The van der Waals surface area contributed by atoms with Crippen molar-refractivity contribution < 1.29 is 22.4 Å². The molecular weight excluding hydrogens is 513 g/mol. The lowest BCUT2D eigenvalue weighted by atomic mass is 10.1. The summed E-state index contributed by atoms with van der Waals surface area (Å²) >= 11 is 1.47. The maximum Gasteiger partial charge on any atom is 0.264 e. The maximum atomic E-state index is 14.1. The summed E-state index contributed by atoms with van der Waals surface area (Å²) in [6.45, 7) is 0.701. The summed E-state index contributed by atoms with van der Waals surface area (Å²) in [4.78, 5) is 28.9. The molecule has 0 radical (unpaired) electrons. The van der Waals surface area contributed by atoms with Crippen molar-refractivity contribution in [1.29, 1.82) is 0 Å². The Morgan fingerprint density at radius 2 is 1.68 bits per heavy atom. The molecule has 0 atom stereocenters. The SMILES string of the molecule is CSc1ccc(S(=O)(=O)N(CC(=O)Nc2ccccc2C(=O)N2CCCCC2)c2cccc(F)c2)cc1. The quantitative estimate of drug-likeness (QED) is 0.405. The van der Waals surface area contributed by atoms with Crippen LogP contribution in [0.2, 0.25) is 0 Å². The normalized spacial score (nSPS) is 13.7. The lowest BCUT2D eigenvalue weighted by Crippen LogP contribution is -2.39. The van der Waals surface area contributed by atoms with E-state index in [1.54, 1.807) is 41.3 Å². The van der Waals surface area contributed by atoms with Gasteiger partial charge in [0.05, 0.1) is 21.8 Å². The number of piperidine rings is 1. The molecule has 10 heteroatoms. The molecule has 1 aliphatic heterocycles. The average molecular weight is 542 g/mol. The number of nitrogens with zero attached hydrogens (tertiary/aromatic N) is 2. The highest BCUT2D eigenvalue weighted by Crippen LogP contribution is 2.27. The van der Waals surface area contributed by atoms with Crippen LogP contribution in [0.15, 0.2) is 82.6 Å². The molecule has 1 saturated heterocycles. The standard InChI is InChI=1S/C27H28FN3O4S2/c1-36-22-12-14-23(15-13-22)37(34,35)31(21-9-7-8-20(28)18-21)19-26(32)29-25-11-4-3-10-24(25)27(33)30-16-5-2-6-17-30/h3-4,7-15,18H,2,5-6,16-17,19H2,1H3,(H,29,32). The third-order valence-corrected chi connectivity index (χ3v) is 8.64. The van der Waals surface area contributed by atoms with Crippen molar-refractivity contribution in [3.05, 3.63) is 84.2 Å². The lowest BCUT2D eigenvalue weighted by molar-refractivity contribution is -0.114. The predicted octanol–water partition coefficient (Wildman–Crippen LogP) is 5.01. The van der Waals surface area contributed by atoms with E-state index in [4.69, 9.17) is 0 Å². The minimum Gasteiger partial charge on any atom is -0.339 e. The first kappa shape index (κ1) is 26.7. The van der Waals surface area contributed by atoms with Gasteiger partial charge in [-0.1, -0.05) is 18.2 Å². The first-order chi connectivity index (χ1) is 17.8. The van der Waals surface area contributed by atoms with Crippen molar-refractivity contribution in [2.75, 3.05) is 35.5 Å². The fourth-order valence-electron chi connectivity index (χ4n) is 4.19. The van der Waals surface area contributed by atoms with Crippen molar-refractivity contribution >= 4 is 45.0 Å². The number of hydrogen-bond donors (Lipinski definition) is 1. The minimum absolute atomic E-state index is 0.0155. The number of hydrogen-bond acceptors (Lipinski definition) is 5. The molecule has 0 spiro atoms. The van der Waals surface area contributed by atoms with Gasteiger partial charge in [-0.2, -0.15) is 0 Å². The van der Waals surface area contributed by atoms with Crippen LogP contribution in [0.1, 0.15) is 29.6 Å². The van der Waals surface area contributed by atoms with Gasteiger partial charge in [0.1, 0.15) is 12.4 Å². The number of likely N-dealkylation sites (tertiary alicyclic amines) is 1. The molecule has 37 heavy (non-hydrogen) atoms.